The highest BCUT2D eigenvalue weighted by Gasteiger charge is 2.09. The molecule has 0 aliphatic rings. The minimum Gasteiger partial charge on any atom is -0.481 e. The first-order chi connectivity index (χ1) is 7.49. The Morgan fingerprint density at radius 3 is 2.69 bits per heavy atom. The molecule has 0 spiro atoms. The van der Waals surface area contributed by atoms with Crippen LogP contribution in [0.5, 0.6) is 0 Å². The molecule has 0 aliphatic heterocycles. The highest BCUT2D eigenvalue weighted by atomic mass is 35.5. The van der Waals surface area contributed by atoms with Crippen molar-refractivity contribution in [2.45, 2.75) is 26.2 Å². The summed E-state index contributed by atoms with van der Waals surface area (Å²) < 4.78 is 0. The number of aliphatic carboxylic acids is 1. The van der Waals surface area contributed by atoms with E-state index in [1.165, 1.54) is 0 Å². The number of benzene rings is 1. The molecule has 2 nitrogen and oxygen atoms in total. The van der Waals surface area contributed by atoms with Gasteiger partial charge in [-0.3, -0.25) is 4.79 Å². The van der Waals surface area contributed by atoms with Crippen molar-refractivity contribution in [3.63, 3.8) is 0 Å². The Bertz CT molecular complexity index is 377. The molecule has 0 heterocycles. The number of rotatable bonds is 5. The maximum atomic E-state index is 10.5. The summed E-state index contributed by atoms with van der Waals surface area (Å²) in [4.78, 5) is 10.5. The molecule has 16 heavy (non-hydrogen) atoms. The third-order valence-corrected chi connectivity index (χ3v) is 3.03. The maximum Gasteiger partial charge on any atom is 0.303 e. The molecule has 88 valence electrons. The van der Waals surface area contributed by atoms with Crippen LogP contribution in [-0.4, -0.2) is 11.1 Å². The minimum absolute atomic E-state index is 0.157. The average molecular weight is 261 g/mol. The van der Waals surface area contributed by atoms with Gasteiger partial charge >= 0.3 is 5.97 Å². The summed E-state index contributed by atoms with van der Waals surface area (Å²) >= 11 is 11.8. The Morgan fingerprint density at radius 1 is 1.44 bits per heavy atom. The summed E-state index contributed by atoms with van der Waals surface area (Å²) in [6, 6.07) is 5.39. The third-order valence-electron chi connectivity index (χ3n) is 2.44. The van der Waals surface area contributed by atoms with Gasteiger partial charge in [0.1, 0.15) is 0 Å². The predicted octanol–water partition coefficient (Wildman–Crippen LogP) is 4.04. The number of halogens is 2. The molecule has 0 aliphatic carbocycles. The topological polar surface area (TPSA) is 37.3 Å². The lowest BCUT2D eigenvalue weighted by molar-refractivity contribution is -0.138. The summed E-state index contributed by atoms with van der Waals surface area (Å²) in [5.41, 5.74) is 1.02. The van der Waals surface area contributed by atoms with Gasteiger partial charge in [0.25, 0.3) is 0 Å². The molecule has 0 amide bonds. The van der Waals surface area contributed by atoms with Gasteiger partial charge in [0.15, 0.2) is 0 Å². The normalized spacial score (nSPS) is 12.4. The van der Waals surface area contributed by atoms with Crippen LogP contribution in [0, 0.1) is 5.92 Å². The van der Waals surface area contributed by atoms with E-state index >= 15 is 0 Å². The number of hydrogen-bond acceptors (Lipinski definition) is 1. The van der Waals surface area contributed by atoms with E-state index in [0.717, 1.165) is 18.4 Å². The molecule has 0 saturated carbocycles. The van der Waals surface area contributed by atoms with E-state index in [1.54, 1.807) is 12.1 Å². The Labute approximate surface area is 105 Å². The summed E-state index contributed by atoms with van der Waals surface area (Å²) in [5, 5.41) is 9.89. The zero-order valence-electron chi connectivity index (χ0n) is 9.04. The summed E-state index contributed by atoms with van der Waals surface area (Å²) in [6.45, 7) is 1.93. The Hall–Kier alpha value is -0.730. The van der Waals surface area contributed by atoms with E-state index in [-0.39, 0.29) is 12.3 Å². The molecule has 1 aromatic rings. The van der Waals surface area contributed by atoms with Gasteiger partial charge in [0.05, 0.1) is 0 Å². The van der Waals surface area contributed by atoms with Crippen LogP contribution in [0.2, 0.25) is 10.0 Å². The highest BCUT2D eigenvalue weighted by Crippen LogP contribution is 2.23. The average Bonchev–Trinajstić information content (AvgIpc) is 2.15. The fourth-order valence-electron chi connectivity index (χ4n) is 1.53. The van der Waals surface area contributed by atoms with E-state index in [0.29, 0.717) is 10.0 Å². The van der Waals surface area contributed by atoms with Crippen LogP contribution in [0.15, 0.2) is 18.2 Å². The zero-order valence-corrected chi connectivity index (χ0v) is 10.6. The predicted molar refractivity (Wildman–Crippen MR) is 66.2 cm³/mol. The number of carboxylic acids is 1. The van der Waals surface area contributed by atoms with Crippen molar-refractivity contribution < 1.29 is 9.90 Å². The van der Waals surface area contributed by atoms with E-state index in [2.05, 4.69) is 0 Å². The molecule has 0 radical (unpaired) electrons. The largest absolute Gasteiger partial charge is 0.481 e. The molecule has 1 atom stereocenters. The SMILES string of the molecule is CC(CCc1ccc(Cl)cc1Cl)CC(=O)O. The van der Waals surface area contributed by atoms with Gasteiger partial charge in [-0.15, -0.1) is 0 Å². The molecule has 1 rings (SSSR count). The summed E-state index contributed by atoms with van der Waals surface area (Å²) in [7, 11) is 0. The van der Waals surface area contributed by atoms with Gasteiger partial charge in [0.2, 0.25) is 0 Å². The first kappa shape index (κ1) is 13.3. The van der Waals surface area contributed by atoms with Crippen LogP contribution in [0.1, 0.15) is 25.3 Å². The van der Waals surface area contributed by atoms with Gasteiger partial charge in [0, 0.05) is 16.5 Å². The fraction of sp³-hybridized carbons (Fsp3) is 0.417. The molecular weight excluding hydrogens is 247 g/mol. The van der Waals surface area contributed by atoms with Gasteiger partial charge in [-0.25, -0.2) is 0 Å². The summed E-state index contributed by atoms with van der Waals surface area (Å²) in [5.74, 6) is -0.598. The second-order valence-corrected chi connectivity index (χ2v) is 4.82. The lowest BCUT2D eigenvalue weighted by atomic mass is 9.98. The second kappa shape index (κ2) is 6.12. The summed E-state index contributed by atoms with van der Waals surface area (Å²) in [6.07, 6.45) is 1.79. The smallest absolute Gasteiger partial charge is 0.303 e. The monoisotopic (exact) mass is 260 g/mol. The Balaban J connectivity index is 2.51. The van der Waals surface area contributed by atoms with Gasteiger partial charge < -0.3 is 5.11 Å². The quantitative estimate of drug-likeness (QED) is 0.868. The van der Waals surface area contributed by atoms with Gasteiger partial charge in [-0.2, -0.15) is 0 Å². The van der Waals surface area contributed by atoms with Crippen molar-refractivity contribution in [2.24, 2.45) is 5.92 Å². The van der Waals surface area contributed by atoms with Crippen LogP contribution in [-0.2, 0) is 11.2 Å². The highest BCUT2D eigenvalue weighted by molar-refractivity contribution is 6.35. The first-order valence-electron chi connectivity index (χ1n) is 5.14. The zero-order chi connectivity index (χ0) is 12.1. The molecule has 0 fully saturated rings. The van der Waals surface area contributed by atoms with E-state index < -0.39 is 5.97 Å². The van der Waals surface area contributed by atoms with Gasteiger partial charge in [-0.05, 0) is 36.5 Å². The molecule has 1 unspecified atom stereocenters. The molecule has 1 aromatic carbocycles. The van der Waals surface area contributed by atoms with Crippen molar-refractivity contribution in [3.05, 3.63) is 33.8 Å². The number of hydrogen-bond donors (Lipinski definition) is 1. The van der Waals surface area contributed by atoms with E-state index in [4.69, 9.17) is 28.3 Å². The fourth-order valence-corrected chi connectivity index (χ4v) is 2.03. The van der Waals surface area contributed by atoms with Crippen molar-refractivity contribution in [1.29, 1.82) is 0 Å². The lowest BCUT2D eigenvalue weighted by Gasteiger charge is -2.09. The van der Waals surface area contributed by atoms with Crippen LogP contribution >= 0.6 is 23.2 Å². The minimum atomic E-state index is -0.755. The van der Waals surface area contributed by atoms with E-state index in [9.17, 15) is 4.79 Å². The number of aryl methyl sites for hydroxylation is 1. The molecule has 0 bridgehead atoms. The second-order valence-electron chi connectivity index (χ2n) is 3.98. The third kappa shape index (κ3) is 4.42. The molecule has 0 aromatic heterocycles. The van der Waals surface area contributed by atoms with Crippen molar-refractivity contribution in [3.8, 4) is 0 Å². The van der Waals surface area contributed by atoms with Crippen LogP contribution in [0.25, 0.3) is 0 Å². The Morgan fingerprint density at radius 2 is 2.12 bits per heavy atom. The Kier molecular flexibility index (Phi) is 5.10. The van der Waals surface area contributed by atoms with Gasteiger partial charge in [-0.1, -0.05) is 36.2 Å². The van der Waals surface area contributed by atoms with Crippen molar-refractivity contribution >= 4 is 29.2 Å². The van der Waals surface area contributed by atoms with Crippen molar-refractivity contribution in [2.75, 3.05) is 0 Å². The maximum absolute atomic E-state index is 10.5. The lowest BCUT2D eigenvalue weighted by Crippen LogP contribution is -2.05. The van der Waals surface area contributed by atoms with Crippen LogP contribution < -0.4 is 0 Å². The molecule has 1 N–H and O–H groups in total. The molecule has 4 heteroatoms. The van der Waals surface area contributed by atoms with Crippen LogP contribution in [0.4, 0.5) is 0 Å². The van der Waals surface area contributed by atoms with Crippen LogP contribution in [0.3, 0.4) is 0 Å². The molecule has 0 saturated heterocycles. The first-order valence-corrected chi connectivity index (χ1v) is 5.90. The standard InChI is InChI=1S/C12H14Cl2O2/c1-8(6-12(15)16)2-3-9-4-5-10(13)7-11(9)14/h4-5,7-8H,2-3,6H2,1H3,(H,15,16). The molecular formula is C12H14Cl2O2. The number of carboxylic acid groups (broad SMARTS) is 1. The van der Waals surface area contributed by atoms with Crippen molar-refractivity contribution in [1.82, 2.24) is 0 Å². The number of carbonyl (C=O) groups is 1. The van der Waals surface area contributed by atoms with E-state index in [1.807, 2.05) is 13.0 Å².